The molecule has 0 bridgehead atoms. The second kappa shape index (κ2) is 5.82. The summed E-state index contributed by atoms with van der Waals surface area (Å²) >= 11 is 0. The van der Waals surface area contributed by atoms with Gasteiger partial charge in [-0.25, -0.2) is 4.79 Å². The molecule has 0 unspecified atom stereocenters. The van der Waals surface area contributed by atoms with Gasteiger partial charge < -0.3 is 19.3 Å². The van der Waals surface area contributed by atoms with Gasteiger partial charge in [-0.05, 0) is 19.4 Å². The molecule has 0 aromatic heterocycles. The van der Waals surface area contributed by atoms with E-state index >= 15 is 0 Å². The number of likely N-dealkylation sites (tertiary alicyclic amines) is 1. The fourth-order valence-corrected chi connectivity index (χ4v) is 2.91. The van der Waals surface area contributed by atoms with Gasteiger partial charge in [-0.15, -0.1) is 0 Å². The normalized spacial score (nSPS) is 28.4. The van der Waals surface area contributed by atoms with Gasteiger partial charge in [0.1, 0.15) is 18.6 Å². The Bertz CT molecular complexity index is 602. The lowest BCUT2D eigenvalue weighted by atomic mass is 10.1. The average molecular weight is 321 g/mol. The van der Waals surface area contributed by atoms with E-state index in [-0.39, 0.29) is 13.2 Å². The molecule has 0 spiro atoms. The van der Waals surface area contributed by atoms with Gasteiger partial charge in [0.15, 0.2) is 12.0 Å². The van der Waals surface area contributed by atoms with Gasteiger partial charge in [0, 0.05) is 6.54 Å². The Morgan fingerprint density at radius 1 is 1.30 bits per heavy atom. The van der Waals surface area contributed by atoms with Crippen molar-refractivity contribution in [2.75, 3.05) is 6.54 Å². The lowest BCUT2D eigenvalue weighted by molar-refractivity contribution is -0.174. The first-order chi connectivity index (χ1) is 10.9. The van der Waals surface area contributed by atoms with Gasteiger partial charge in [-0.2, -0.15) is 0 Å². The number of aliphatic carboxylic acids is 1. The van der Waals surface area contributed by atoms with E-state index in [4.69, 9.17) is 14.2 Å². The molecule has 23 heavy (non-hydrogen) atoms. The number of carboxylic acid groups (broad SMARTS) is 1. The Morgan fingerprint density at radius 3 is 2.65 bits per heavy atom. The van der Waals surface area contributed by atoms with Gasteiger partial charge in [-0.3, -0.25) is 9.69 Å². The maximum absolute atomic E-state index is 12.3. The van der Waals surface area contributed by atoms with Gasteiger partial charge in [0.25, 0.3) is 0 Å². The van der Waals surface area contributed by atoms with Crippen LogP contribution in [-0.2, 0) is 25.6 Å². The lowest BCUT2D eigenvalue weighted by Crippen LogP contribution is -2.40. The molecule has 2 fully saturated rings. The van der Waals surface area contributed by atoms with Crippen LogP contribution in [0.2, 0.25) is 0 Å². The number of ether oxygens (including phenoxy) is 3. The van der Waals surface area contributed by atoms with Crippen molar-refractivity contribution in [2.24, 2.45) is 5.92 Å². The van der Waals surface area contributed by atoms with E-state index in [1.54, 1.807) is 13.8 Å². The molecule has 1 N–H and O–H groups in total. The number of benzene rings is 1. The van der Waals surface area contributed by atoms with Crippen molar-refractivity contribution < 1.29 is 28.9 Å². The number of fused-ring (bicyclic) bond motifs is 1. The van der Waals surface area contributed by atoms with Gasteiger partial charge in [-0.1, -0.05) is 30.3 Å². The van der Waals surface area contributed by atoms with E-state index in [1.165, 1.54) is 4.90 Å². The Morgan fingerprint density at radius 2 is 2.00 bits per heavy atom. The number of hydrogen-bond acceptors (Lipinski definition) is 5. The van der Waals surface area contributed by atoms with E-state index in [2.05, 4.69) is 0 Å². The topological polar surface area (TPSA) is 85.3 Å². The third kappa shape index (κ3) is 3.16. The highest BCUT2D eigenvalue weighted by molar-refractivity contribution is 5.75. The Kier molecular flexibility index (Phi) is 3.99. The van der Waals surface area contributed by atoms with Crippen molar-refractivity contribution in [2.45, 2.75) is 38.6 Å². The minimum atomic E-state index is -1.01. The molecule has 3 rings (SSSR count). The van der Waals surface area contributed by atoms with E-state index in [9.17, 15) is 14.7 Å². The molecule has 2 aliphatic rings. The molecule has 1 aromatic carbocycles. The van der Waals surface area contributed by atoms with E-state index < -0.39 is 36.1 Å². The highest BCUT2D eigenvalue weighted by Crippen LogP contribution is 2.39. The summed E-state index contributed by atoms with van der Waals surface area (Å²) in [4.78, 5) is 25.0. The van der Waals surface area contributed by atoms with Crippen LogP contribution in [0.4, 0.5) is 4.79 Å². The summed E-state index contributed by atoms with van der Waals surface area (Å²) < 4.78 is 16.6. The van der Waals surface area contributed by atoms with Crippen molar-refractivity contribution in [3.63, 3.8) is 0 Å². The molecule has 124 valence electrons. The number of hydrogen-bond donors (Lipinski definition) is 1. The molecule has 0 aliphatic carbocycles. The summed E-state index contributed by atoms with van der Waals surface area (Å²) in [6.07, 6.45) is -2.03. The zero-order valence-electron chi connectivity index (χ0n) is 13.0. The molecule has 1 amide bonds. The second-order valence-electron chi connectivity index (χ2n) is 6.13. The average Bonchev–Trinajstić information content (AvgIpc) is 2.98. The molecule has 1 aromatic rings. The zero-order chi connectivity index (χ0) is 16.6. The predicted octanol–water partition coefficient (Wildman–Crippen LogP) is 1.82. The number of nitrogens with zero attached hydrogens (tertiary/aromatic N) is 1. The second-order valence-corrected chi connectivity index (χ2v) is 6.13. The van der Waals surface area contributed by atoms with E-state index in [1.807, 2.05) is 30.3 Å². The molecule has 2 saturated heterocycles. The number of carbonyl (C=O) groups excluding carboxylic acids is 1. The molecule has 0 radical (unpaired) electrons. The summed E-state index contributed by atoms with van der Waals surface area (Å²) in [7, 11) is 0. The maximum atomic E-state index is 12.3. The van der Waals surface area contributed by atoms with Crippen molar-refractivity contribution in [1.29, 1.82) is 0 Å². The first-order valence-corrected chi connectivity index (χ1v) is 7.43. The van der Waals surface area contributed by atoms with Crippen LogP contribution < -0.4 is 0 Å². The van der Waals surface area contributed by atoms with Gasteiger partial charge in [0.05, 0.1) is 0 Å². The summed E-state index contributed by atoms with van der Waals surface area (Å²) in [6, 6.07) is 9.27. The van der Waals surface area contributed by atoms with Crippen molar-refractivity contribution in [3.05, 3.63) is 35.9 Å². The van der Waals surface area contributed by atoms with Crippen molar-refractivity contribution >= 4 is 12.1 Å². The van der Waals surface area contributed by atoms with Crippen LogP contribution in [-0.4, -0.2) is 46.7 Å². The standard InChI is InChI=1S/C16H19NO6/c1-16(2)22-12-11(14(18)19)8-17(13(12)23-16)15(20)21-9-10-6-4-3-5-7-10/h3-7,11-13H,8-9H2,1-2H3,(H,18,19)/t11-,12+,13+/m1/s1. The van der Waals surface area contributed by atoms with Gasteiger partial charge in [0.2, 0.25) is 0 Å². The molecule has 7 nitrogen and oxygen atoms in total. The van der Waals surface area contributed by atoms with Crippen LogP contribution in [0.15, 0.2) is 30.3 Å². The first-order valence-electron chi connectivity index (χ1n) is 7.43. The molecular formula is C16H19NO6. The summed E-state index contributed by atoms with van der Waals surface area (Å²) in [6.45, 7) is 3.51. The summed E-state index contributed by atoms with van der Waals surface area (Å²) in [5, 5.41) is 9.32. The highest BCUT2D eigenvalue weighted by Gasteiger charge is 2.57. The van der Waals surface area contributed by atoms with Gasteiger partial charge >= 0.3 is 12.1 Å². The van der Waals surface area contributed by atoms with Crippen LogP contribution in [0.1, 0.15) is 19.4 Å². The molecular weight excluding hydrogens is 302 g/mol. The minimum absolute atomic E-state index is 0.00830. The third-order valence-electron chi connectivity index (χ3n) is 3.96. The van der Waals surface area contributed by atoms with Crippen molar-refractivity contribution in [1.82, 2.24) is 4.90 Å². The molecule has 3 atom stereocenters. The lowest BCUT2D eigenvalue weighted by Gasteiger charge is -2.25. The molecule has 2 heterocycles. The third-order valence-corrected chi connectivity index (χ3v) is 3.96. The van der Waals surface area contributed by atoms with Crippen LogP contribution >= 0.6 is 0 Å². The largest absolute Gasteiger partial charge is 0.481 e. The molecule has 7 heteroatoms. The fourth-order valence-electron chi connectivity index (χ4n) is 2.91. The van der Waals surface area contributed by atoms with Crippen LogP contribution in [0, 0.1) is 5.92 Å². The Hall–Kier alpha value is -2.12. The predicted molar refractivity (Wildman–Crippen MR) is 78.3 cm³/mol. The Balaban J connectivity index is 1.69. The smallest absolute Gasteiger partial charge is 0.412 e. The fraction of sp³-hybridized carbons (Fsp3) is 0.500. The van der Waals surface area contributed by atoms with Crippen molar-refractivity contribution in [3.8, 4) is 0 Å². The maximum Gasteiger partial charge on any atom is 0.412 e. The highest BCUT2D eigenvalue weighted by atomic mass is 16.8. The van der Waals surface area contributed by atoms with E-state index in [0.717, 1.165) is 5.56 Å². The summed E-state index contributed by atoms with van der Waals surface area (Å²) in [5.74, 6) is -2.77. The number of amides is 1. The Labute approximate surface area is 133 Å². The number of carboxylic acids is 1. The van der Waals surface area contributed by atoms with Crippen LogP contribution in [0.25, 0.3) is 0 Å². The number of rotatable bonds is 3. The van der Waals surface area contributed by atoms with E-state index in [0.29, 0.717) is 0 Å². The first kappa shape index (κ1) is 15.8. The van der Waals surface area contributed by atoms with Crippen LogP contribution in [0.3, 0.4) is 0 Å². The van der Waals surface area contributed by atoms with Crippen LogP contribution in [0.5, 0.6) is 0 Å². The molecule has 2 aliphatic heterocycles. The quantitative estimate of drug-likeness (QED) is 0.914. The summed E-state index contributed by atoms with van der Waals surface area (Å²) in [5.41, 5.74) is 0.857. The monoisotopic (exact) mass is 321 g/mol. The SMILES string of the molecule is CC1(C)O[C@H]2[C@H](C(=O)O)CN(C(=O)OCc3ccccc3)[C@H]2O1. The minimum Gasteiger partial charge on any atom is -0.481 e. The zero-order valence-corrected chi connectivity index (χ0v) is 13.0. The molecule has 0 saturated carbocycles. The number of carbonyl (C=O) groups is 2.